The summed E-state index contributed by atoms with van der Waals surface area (Å²) in [5.74, 6) is -0.998. The Balaban J connectivity index is 6.51. The number of likely N-dealkylation sites (N-methyl/N-ethyl adjacent to an activating group) is 2. The zero-order valence-electron chi connectivity index (χ0n) is 20.0. The lowest BCUT2D eigenvalue weighted by Crippen LogP contribution is -2.50. The largest absolute Gasteiger partial charge is 0.463 e. The van der Waals surface area contributed by atoms with Gasteiger partial charge in [0.05, 0.1) is 0 Å². The van der Waals surface area contributed by atoms with E-state index in [-0.39, 0.29) is 13.2 Å². The minimum Gasteiger partial charge on any atom is -0.463 e. The molecule has 0 saturated heterocycles. The summed E-state index contributed by atoms with van der Waals surface area (Å²) in [6, 6.07) is 0. The predicted octanol–water partition coefficient (Wildman–Crippen LogP) is 3.47. The van der Waals surface area contributed by atoms with Gasteiger partial charge in [-0.15, -0.1) is 0 Å². The molecule has 0 heterocycles. The molecular weight excluding hydrogens is 380 g/mol. The van der Waals surface area contributed by atoms with Gasteiger partial charge in [0, 0.05) is 13.1 Å². The van der Waals surface area contributed by atoms with E-state index in [9.17, 15) is 9.59 Å². The first-order valence-corrected chi connectivity index (χ1v) is 10.4. The third-order valence-electron chi connectivity index (χ3n) is 4.62. The average molecular weight is 421 g/mol. The molecule has 0 aromatic carbocycles. The van der Waals surface area contributed by atoms with E-state index >= 15 is 0 Å². The van der Waals surface area contributed by atoms with Crippen LogP contribution >= 0.6 is 0 Å². The van der Waals surface area contributed by atoms with E-state index in [0.29, 0.717) is 13.1 Å². The molecule has 0 aliphatic rings. The highest BCUT2D eigenvalue weighted by Crippen LogP contribution is 2.47. The average Bonchev–Trinajstić information content (AvgIpc) is 2.66. The second kappa shape index (κ2) is 13.9. The summed E-state index contributed by atoms with van der Waals surface area (Å²) in [6.07, 6.45) is 13.9. The fraction of sp³-hybridized carbons (Fsp3) is 0.583. The molecule has 0 aromatic heterocycles. The maximum Gasteiger partial charge on any atom is 0.321 e. The summed E-state index contributed by atoms with van der Waals surface area (Å²) < 4.78 is 11.3. The van der Waals surface area contributed by atoms with Crippen molar-refractivity contribution in [3.05, 3.63) is 48.6 Å². The van der Waals surface area contributed by atoms with E-state index in [0.717, 1.165) is 0 Å². The first kappa shape index (κ1) is 27.8. The molecule has 0 radical (unpaired) electrons. The Bertz CT molecular complexity index is 566. The van der Waals surface area contributed by atoms with Crippen molar-refractivity contribution in [2.75, 3.05) is 54.5 Å². The van der Waals surface area contributed by atoms with Gasteiger partial charge in [0.15, 0.2) is 0 Å². The molecule has 0 aliphatic heterocycles. The normalized spacial score (nSPS) is 13.5. The van der Waals surface area contributed by atoms with Gasteiger partial charge in [0.1, 0.15) is 24.0 Å². The minimum absolute atomic E-state index is 0.222. The Morgan fingerprint density at radius 3 is 1.10 bits per heavy atom. The number of hydrogen-bond donors (Lipinski definition) is 0. The minimum atomic E-state index is -1.38. The number of rotatable bonds is 13. The van der Waals surface area contributed by atoms with Gasteiger partial charge in [0.2, 0.25) is 0 Å². The molecule has 170 valence electrons. The third-order valence-corrected chi connectivity index (χ3v) is 4.62. The smallest absolute Gasteiger partial charge is 0.321 e. The fourth-order valence-electron chi connectivity index (χ4n) is 3.20. The Morgan fingerprint density at radius 1 is 0.633 bits per heavy atom. The second-order valence-electron chi connectivity index (χ2n) is 7.62. The highest BCUT2D eigenvalue weighted by Gasteiger charge is 2.57. The van der Waals surface area contributed by atoms with Gasteiger partial charge in [-0.05, 0) is 55.9 Å². The summed E-state index contributed by atoms with van der Waals surface area (Å²) in [5, 5.41) is 0. The molecule has 6 nitrogen and oxygen atoms in total. The molecule has 0 amide bonds. The fourth-order valence-corrected chi connectivity index (χ4v) is 3.20. The molecule has 30 heavy (non-hydrogen) atoms. The van der Waals surface area contributed by atoms with Crippen LogP contribution in [0.5, 0.6) is 0 Å². The standard InChI is InChI=1S/C24H40N2O4/c1-9-13-23(14-10-2,21(27)29-19-17-25(5)6)24(15-11-3,16-12-4)22(28)30-20-18-26(7)8/h9-16H,17-20H2,1-8H3/b13-9-,14-10-,15-11+,16-12+. The molecule has 6 heteroatoms. The molecule has 0 spiro atoms. The van der Waals surface area contributed by atoms with Crippen LogP contribution in [0.2, 0.25) is 0 Å². The van der Waals surface area contributed by atoms with E-state index in [4.69, 9.17) is 9.47 Å². The zero-order chi connectivity index (χ0) is 23.2. The lowest BCUT2D eigenvalue weighted by atomic mass is 9.61. The Hall–Kier alpha value is -2.18. The number of esters is 2. The zero-order valence-corrected chi connectivity index (χ0v) is 20.0. The van der Waals surface area contributed by atoms with Crippen LogP contribution in [0.3, 0.4) is 0 Å². The predicted molar refractivity (Wildman–Crippen MR) is 123 cm³/mol. The maximum atomic E-state index is 13.5. The van der Waals surface area contributed by atoms with Crippen molar-refractivity contribution in [1.29, 1.82) is 0 Å². The van der Waals surface area contributed by atoms with Crippen LogP contribution < -0.4 is 0 Å². The molecule has 0 aromatic rings. The van der Waals surface area contributed by atoms with Gasteiger partial charge in [0.25, 0.3) is 0 Å². The number of nitrogens with zero attached hydrogens (tertiary/aromatic N) is 2. The summed E-state index contributed by atoms with van der Waals surface area (Å²) >= 11 is 0. The Labute approximate surface area is 182 Å². The van der Waals surface area contributed by atoms with Crippen molar-refractivity contribution in [3.8, 4) is 0 Å². The van der Waals surface area contributed by atoms with Gasteiger partial charge in [-0.25, -0.2) is 0 Å². The highest BCUT2D eigenvalue weighted by molar-refractivity contribution is 5.95. The summed E-state index contributed by atoms with van der Waals surface area (Å²) in [6.45, 7) is 8.89. The molecule has 0 aliphatic carbocycles. The number of carbonyl (C=O) groups excluding carboxylic acids is 2. The van der Waals surface area contributed by atoms with Crippen LogP contribution in [0.15, 0.2) is 48.6 Å². The van der Waals surface area contributed by atoms with Crippen LogP contribution in [0.25, 0.3) is 0 Å². The van der Waals surface area contributed by atoms with Gasteiger partial charge < -0.3 is 19.3 Å². The van der Waals surface area contributed by atoms with E-state index in [1.165, 1.54) is 0 Å². The van der Waals surface area contributed by atoms with E-state index < -0.39 is 22.8 Å². The van der Waals surface area contributed by atoms with Crippen molar-refractivity contribution in [3.63, 3.8) is 0 Å². The molecule has 0 atom stereocenters. The van der Waals surface area contributed by atoms with Gasteiger partial charge in [-0.3, -0.25) is 9.59 Å². The molecule has 0 saturated carbocycles. The molecule has 0 fully saturated rings. The van der Waals surface area contributed by atoms with E-state index in [1.807, 2.05) is 65.7 Å². The highest BCUT2D eigenvalue weighted by atomic mass is 16.5. The van der Waals surface area contributed by atoms with Crippen molar-refractivity contribution in [2.45, 2.75) is 27.7 Å². The van der Waals surface area contributed by atoms with Crippen molar-refractivity contribution in [1.82, 2.24) is 9.80 Å². The molecule has 0 rings (SSSR count). The van der Waals surface area contributed by atoms with Crippen LogP contribution in [0.1, 0.15) is 27.7 Å². The maximum absolute atomic E-state index is 13.5. The first-order chi connectivity index (χ1) is 14.2. The lowest BCUT2D eigenvalue weighted by Gasteiger charge is -2.40. The summed E-state index contributed by atoms with van der Waals surface area (Å²) in [5.41, 5.74) is -2.76. The molecule has 0 bridgehead atoms. The van der Waals surface area contributed by atoms with Crippen LogP contribution in [0.4, 0.5) is 0 Å². The number of ether oxygens (including phenoxy) is 2. The number of hydrogen-bond acceptors (Lipinski definition) is 6. The van der Waals surface area contributed by atoms with E-state index in [2.05, 4.69) is 0 Å². The summed E-state index contributed by atoms with van der Waals surface area (Å²) in [4.78, 5) is 30.8. The topological polar surface area (TPSA) is 59.1 Å². The Kier molecular flexibility index (Phi) is 12.9. The van der Waals surface area contributed by atoms with Crippen LogP contribution in [0, 0.1) is 10.8 Å². The third kappa shape index (κ3) is 7.26. The van der Waals surface area contributed by atoms with Crippen molar-refractivity contribution in [2.24, 2.45) is 10.8 Å². The molecule has 0 N–H and O–H groups in total. The number of carbonyl (C=O) groups is 2. The van der Waals surface area contributed by atoms with Crippen molar-refractivity contribution >= 4 is 11.9 Å². The SMILES string of the molecule is C/C=C\C(/C=C\C)(C(=O)OCCN(C)C)C(/C=C/C)(/C=C/C)C(=O)OCCN(C)C. The van der Waals surface area contributed by atoms with Crippen LogP contribution in [-0.4, -0.2) is 76.2 Å². The molecular formula is C24H40N2O4. The van der Waals surface area contributed by atoms with Gasteiger partial charge in [-0.2, -0.15) is 0 Å². The number of allylic oxidation sites excluding steroid dienone is 4. The van der Waals surface area contributed by atoms with Gasteiger partial charge in [-0.1, -0.05) is 48.6 Å². The van der Waals surface area contributed by atoms with Crippen LogP contribution in [-0.2, 0) is 19.1 Å². The molecule has 0 unspecified atom stereocenters. The van der Waals surface area contributed by atoms with Crippen molar-refractivity contribution < 1.29 is 19.1 Å². The van der Waals surface area contributed by atoms with Gasteiger partial charge >= 0.3 is 11.9 Å². The monoisotopic (exact) mass is 420 g/mol. The van der Waals surface area contributed by atoms with E-state index in [1.54, 1.807) is 48.6 Å². The first-order valence-electron chi connectivity index (χ1n) is 10.4. The quantitative estimate of drug-likeness (QED) is 0.336. The second-order valence-corrected chi connectivity index (χ2v) is 7.62. The summed E-state index contributed by atoms with van der Waals surface area (Å²) in [7, 11) is 7.63. The lowest BCUT2D eigenvalue weighted by molar-refractivity contribution is -0.166. The Morgan fingerprint density at radius 2 is 0.900 bits per heavy atom.